The lowest BCUT2D eigenvalue weighted by Crippen LogP contribution is -2.33. The maximum absolute atomic E-state index is 12.0. The van der Waals surface area contributed by atoms with Crippen molar-refractivity contribution in [2.24, 2.45) is 0 Å². The van der Waals surface area contributed by atoms with Gasteiger partial charge in [0, 0.05) is 23.5 Å². The van der Waals surface area contributed by atoms with Crippen LogP contribution in [0.1, 0.15) is 40.5 Å². The molecule has 0 saturated heterocycles. The van der Waals surface area contributed by atoms with Gasteiger partial charge in [-0.1, -0.05) is 13.8 Å². The first-order valence-corrected chi connectivity index (χ1v) is 10.8. The summed E-state index contributed by atoms with van der Waals surface area (Å²) in [5.41, 5.74) is 1.43. The SMILES string of the molecule is CCC(C)NCC(=O)Nc1ccc(Oc2ccc(NC(=O)CNC(C)CC)cc2)cc1. The van der Waals surface area contributed by atoms with Crippen LogP contribution < -0.4 is 26.0 Å². The van der Waals surface area contributed by atoms with Crippen LogP contribution in [-0.4, -0.2) is 37.0 Å². The van der Waals surface area contributed by atoms with E-state index >= 15 is 0 Å². The molecule has 0 fully saturated rings. The maximum Gasteiger partial charge on any atom is 0.238 e. The van der Waals surface area contributed by atoms with E-state index in [2.05, 4.69) is 35.1 Å². The molecule has 2 amide bonds. The number of nitrogens with one attached hydrogen (secondary N) is 4. The predicted octanol–water partition coefficient (Wildman–Crippen LogP) is 4.13. The minimum absolute atomic E-state index is 0.0778. The Morgan fingerprint density at radius 2 is 1.06 bits per heavy atom. The number of carbonyl (C=O) groups is 2. The molecule has 7 heteroatoms. The van der Waals surface area contributed by atoms with Gasteiger partial charge >= 0.3 is 0 Å². The van der Waals surface area contributed by atoms with Crippen LogP contribution in [0.2, 0.25) is 0 Å². The third-order valence-electron chi connectivity index (χ3n) is 4.96. The van der Waals surface area contributed by atoms with E-state index in [0.717, 1.165) is 12.8 Å². The predicted molar refractivity (Wildman–Crippen MR) is 126 cm³/mol. The average molecular weight is 427 g/mol. The summed E-state index contributed by atoms with van der Waals surface area (Å²) in [4.78, 5) is 23.9. The van der Waals surface area contributed by atoms with E-state index in [-0.39, 0.29) is 24.9 Å². The molecule has 0 saturated carbocycles. The highest BCUT2D eigenvalue weighted by Crippen LogP contribution is 2.24. The van der Waals surface area contributed by atoms with Crippen molar-refractivity contribution in [2.75, 3.05) is 23.7 Å². The molecule has 0 aromatic heterocycles. The fourth-order valence-corrected chi connectivity index (χ4v) is 2.58. The lowest BCUT2D eigenvalue weighted by molar-refractivity contribution is -0.116. The zero-order chi connectivity index (χ0) is 22.6. The molecule has 168 valence electrons. The first-order chi connectivity index (χ1) is 14.9. The van der Waals surface area contributed by atoms with Gasteiger partial charge in [0.2, 0.25) is 11.8 Å². The Kier molecular flexibility index (Phi) is 10.00. The largest absolute Gasteiger partial charge is 0.457 e. The Morgan fingerprint density at radius 1 is 0.710 bits per heavy atom. The Balaban J connectivity index is 1.81. The normalized spacial score (nSPS) is 12.6. The minimum atomic E-state index is -0.0778. The molecule has 2 rings (SSSR count). The molecule has 31 heavy (non-hydrogen) atoms. The van der Waals surface area contributed by atoms with Gasteiger partial charge in [-0.25, -0.2) is 0 Å². The lowest BCUT2D eigenvalue weighted by atomic mass is 10.2. The molecule has 2 unspecified atom stereocenters. The van der Waals surface area contributed by atoms with Crippen molar-refractivity contribution in [3.63, 3.8) is 0 Å². The summed E-state index contributed by atoms with van der Waals surface area (Å²) in [6.45, 7) is 8.80. The van der Waals surface area contributed by atoms with E-state index < -0.39 is 0 Å². The average Bonchev–Trinajstić information content (AvgIpc) is 2.78. The molecule has 4 N–H and O–H groups in total. The highest BCUT2D eigenvalue weighted by Gasteiger charge is 2.07. The first-order valence-electron chi connectivity index (χ1n) is 10.8. The fourth-order valence-electron chi connectivity index (χ4n) is 2.58. The minimum Gasteiger partial charge on any atom is -0.457 e. The van der Waals surface area contributed by atoms with E-state index in [1.54, 1.807) is 48.5 Å². The molecule has 7 nitrogen and oxygen atoms in total. The molecule has 2 aromatic carbocycles. The molecule has 0 spiro atoms. The highest BCUT2D eigenvalue weighted by atomic mass is 16.5. The summed E-state index contributed by atoms with van der Waals surface area (Å²) in [7, 11) is 0. The maximum atomic E-state index is 12.0. The summed E-state index contributed by atoms with van der Waals surface area (Å²) in [6.07, 6.45) is 1.95. The van der Waals surface area contributed by atoms with E-state index in [0.29, 0.717) is 35.0 Å². The van der Waals surface area contributed by atoms with Gasteiger partial charge in [0.1, 0.15) is 11.5 Å². The summed E-state index contributed by atoms with van der Waals surface area (Å²) >= 11 is 0. The van der Waals surface area contributed by atoms with Crippen molar-refractivity contribution >= 4 is 23.2 Å². The molecule has 0 aliphatic rings. The van der Waals surface area contributed by atoms with Gasteiger partial charge in [0.05, 0.1) is 13.1 Å². The van der Waals surface area contributed by atoms with Gasteiger partial charge in [-0.05, 0) is 75.2 Å². The lowest BCUT2D eigenvalue weighted by Gasteiger charge is -2.12. The van der Waals surface area contributed by atoms with E-state index in [1.807, 2.05) is 13.8 Å². The van der Waals surface area contributed by atoms with Gasteiger partial charge in [-0.3, -0.25) is 9.59 Å². The third kappa shape index (κ3) is 9.19. The number of amides is 2. The molecule has 2 atom stereocenters. The molecule has 0 aliphatic heterocycles. The van der Waals surface area contributed by atoms with Crippen LogP contribution in [0.25, 0.3) is 0 Å². The van der Waals surface area contributed by atoms with Crippen LogP contribution in [0.15, 0.2) is 48.5 Å². The molecule has 0 aliphatic carbocycles. The molecule has 0 heterocycles. The topological polar surface area (TPSA) is 91.5 Å². The van der Waals surface area contributed by atoms with Crippen molar-refractivity contribution in [3.8, 4) is 11.5 Å². The molecular formula is C24H34N4O3. The smallest absolute Gasteiger partial charge is 0.238 e. The summed E-state index contributed by atoms with van der Waals surface area (Å²) in [5, 5.41) is 12.0. The Hall–Kier alpha value is -2.90. The third-order valence-corrected chi connectivity index (χ3v) is 4.96. The van der Waals surface area contributed by atoms with Crippen molar-refractivity contribution in [1.82, 2.24) is 10.6 Å². The standard InChI is InChI=1S/C24H34N4O3/c1-5-17(3)25-15-23(29)27-19-7-11-21(12-8-19)31-22-13-9-20(10-14-22)28-24(30)16-26-18(4)6-2/h7-14,17-18,25-26H,5-6,15-16H2,1-4H3,(H,27,29)(H,28,30). The first kappa shape index (κ1) is 24.4. The molecule has 0 radical (unpaired) electrons. The van der Waals surface area contributed by atoms with Crippen LogP contribution in [-0.2, 0) is 9.59 Å². The van der Waals surface area contributed by atoms with E-state index in [4.69, 9.17) is 4.74 Å². The van der Waals surface area contributed by atoms with Gasteiger partial charge in [0.15, 0.2) is 0 Å². The number of ether oxygens (including phenoxy) is 1. The van der Waals surface area contributed by atoms with Crippen LogP contribution in [0.3, 0.4) is 0 Å². The van der Waals surface area contributed by atoms with Crippen LogP contribution in [0, 0.1) is 0 Å². The Morgan fingerprint density at radius 3 is 1.39 bits per heavy atom. The van der Waals surface area contributed by atoms with E-state index in [9.17, 15) is 9.59 Å². The second kappa shape index (κ2) is 12.7. The van der Waals surface area contributed by atoms with Crippen LogP contribution in [0.5, 0.6) is 11.5 Å². The molecule has 2 aromatic rings. The van der Waals surface area contributed by atoms with Crippen molar-refractivity contribution in [1.29, 1.82) is 0 Å². The van der Waals surface area contributed by atoms with Crippen molar-refractivity contribution in [3.05, 3.63) is 48.5 Å². The van der Waals surface area contributed by atoms with E-state index in [1.165, 1.54) is 0 Å². The van der Waals surface area contributed by atoms with Crippen LogP contribution in [0.4, 0.5) is 11.4 Å². The monoisotopic (exact) mass is 426 g/mol. The Labute approximate surface area is 185 Å². The number of benzene rings is 2. The number of anilines is 2. The van der Waals surface area contributed by atoms with Gasteiger partial charge in [0.25, 0.3) is 0 Å². The second-order valence-corrected chi connectivity index (χ2v) is 7.63. The van der Waals surface area contributed by atoms with Gasteiger partial charge in [-0.15, -0.1) is 0 Å². The van der Waals surface area contributed by atoms with Gasteiger partial charge < -0.3 is 26.0 Å². The highest BCUT2D eigenvalue weighted by molar-refractivity contribution is 5.92. The van der Waals surface area contributed by atoms with Gasteiger partial charge in [-0.2, -0.15) is 0 Å². The Bertz CT molecular complexity index is 752. The number of hydrogen-bond acceptors (Lipinski definition) is 5. The summed E-state index contributed by atoms with van der Waals surface area (Å²) in [6, 6.07) is 15.0. The summed E-state index contributed by atoms with van der Waals surface area (Å²) in [5.74, 6) is 1.16. The second-order valence-electron chi connectivity index (χ2n) is 7.63. The van der Waals surface area contributed by atoms with Crippen LogP contribution >= 0.6 is 0 Å². The number of carbonyl (C=O) groups excluding carboxylic acids is 2. The fraction of sp³-hybridized carbons (Fsp3) is 0.417. The molecular weight excluding hydrogens is 392 g/mol. The van der Waals surface area contributed by atoms with Crippen molar-refractivity contribution < 1.29 is 14.3 Å². The summed E-state index contributed by atoms with van der Waals surface area (Å²) < 4.78 is 5.84. The number of hydrogen-bond donors (Lipinski definition) is 4. The quantitative estimate of drug-likeness (QED) is 0.410. The zero-order valence-electron chi connectivity index (χ0n) is 18.8. The zero-order valence-corrected chi connectivity index (χ0v) is 18.8. The molecule has 0 bridgehead atoms. The number of rotatable bonds is 12. The van der Waals surface area contributed by atoms with Crippen molar-refractivity contribution in [2.45, 2.75) is 52.6 Å².